The van der Waals surface area contributed by atoms with Gasteiger partial charge in [0.25, 0.3) is 0 Å². The van der Waals surface area contributed by atoms with Crippen molar-refractivity contribution in [3.05, 3.63) is 79.6 Å². The molecule has 0 saturated heterocycles. The molecule has 0 saturated carbocycles. The van der Waals surface area contributed by atoms with Crippen molar-refractivity contribution in [1.29, 1.82) is 0 Å². The van der Waals surface area contributed by atoms with Gasteiger partial charge in [0.15, 0.2) is 23.1 Å². The lowest BCUT2D eigenvalue weighted by atomic mass is 9.63. The van der Waals surface area contributed by atoms with Crippen molar-refractivity contribution in [3.8, 4) is 11.5 Å². The standard InChI is InChI=1S/C34H37BrClNO6/c1-6-42-27-12-20(11-22(35)32(27)43-18-19-7-9-21(36)10-8-19)29-30-23(13-33(2,3)15-25(30)38)37(17-28(40)41)24-14-34(4,5)16-26(39)31(24)29/h7-12,29H,6,13-18H2,1-5H3,(H,40,41). The average molecular weight is 671 g/mol. The van der Waals surface area contributed by atoms with Crippen molar-refractivity contribution in [2.45, 2.75) is 72.8 Å². The predicted octanol–water partition coefficient (Wildman–Crippen LogP) is 7.85. The van der Waals surface area contributed by atoms with Gasteiger partial charge in [0.1, 0.15) is 13.2 Å². The second-order valence-electron chi connectivity index (χ2n) is 13.2. The van der Waals surface area contributed by atoms with Crippen LogP contribution >= 0.6 is 27.5 Å². The van der Waals surface area contributed by atoms with E-state index in [0.29, 0.717) is 75.8 Å². The minimum absolute atomic E-state index is 0.0621. The third-order valence-electron chi connectivity index (χ3n) is 8.28. The maximum absolute atomic E-state index is 14.0. The second-order valence-corrected chi connectivity index (χ2v) is 14.5. The zero-order valence-electron chi connectivity index (χ0n) is 25.2. The van der Waals surface area contributed by atoms with Crippen LogP contribution in [-0.4, -0.2) is 40.7 Å². The Hall–Kier alpha value is -3.10. The normalized spacial score (nSPS) is 19.7. The Morgan fingerprint density at radius 2 is 1.51 bits per heavy atom. The van der Waals surface area contributed by atoms with Gasteiger partial charge in [-0.05, 0) is 81.9 Å². The van der Waals surface area contributed by atoms with Gasteiger partial charge >= 0.3 is 5.97 Å². The number of ether oxygens (including phenoxy) is 2. The molecule has 0 spiro atoms. The minimum Gasteiger partial charge on any atom is -0.490 e. The van der Waals surface area contributed by atoms with Crippen LogP contribution in [0.15, 0.2) is 63.4 Å². The number of hydrogen-bond donors (Lipinski definition) is 1. The maximum Gasteiger partial charge on any atom is 0.323 e. The predicted molar refractivity (Wildman–Crippen MR) is 168 cm³/mol. The number of carbonyl (C=O) groups excluding carboxylic acids is 2. The number of hydrogen-bond acceptors (Lipinski definition) is 6. The van der Waals surface area contributed by atoms with Crippen LogP contribution in [0.25, 0.3) is 0 Å². The molecule has 0 aromatic heterocycles. The van der Waals surface area contributed by atoms with Crippen molar-refractivity contribution >= 4 is 45.1 Å². The van der Waals surface area contributed by atoms with Gasteiger partial charge in [-0.3, -0.25) is 14.4 Å². The molecular weight excluding hydrogens is 634 g/mol. The summed E-state index contributed by atoms with van der Waals surface area (Å²) >= 11 is 9.73. The first-order valence-corrected chi connectivity index (χ1v) is 15.7. The summed E-state index contributed by atoms with van der Waals surface area (Å²) in [6.07, 6.45) is 1.69. The van der Waals surface area contributed by atoms with Crippen molar-refractivity contribution in [2.24, 2.45) is 10.8 Å². The van der Waals surface area contributed by atoms with Gasteiger partial charge in [-0.1, -0.05) is 51.4 Å². The van der Waals surface area contributed by atoms with E-state index >= 15 is 0 Å². The number of benzene rings is 2. The molecule has 1 heterocycles. The molecule has 1 N–H and O–H groups in total. The van der Waals surface area contributed by atoms with Crippen molar-refractivity contribution in [3.63, 3.8) is 0 Å². The fourth-order valence-corrected chi connectivity index (χ4v) is 7.30. The molecule has 2 aromatic carbocycles. The summed E-state index contributed by atoms with van der Waals surface area (Å²) in [7, 11) is 0. The number of Topliss-reactive ketones (excluding diaryl/α,β-unsaturated/α-hetero) is 2. The van der Waals surface area contributed by atoms with E-state index in [1.54, 1.807) is 17.0 Å². The first-order chi connectivity index (χ1) is 20.2. The van der Waals surface area contributed by atoms with Gasteiger partial charge < -0.3 is 19.5 Å². The number of carboxylic acids is 1. The molecule has 0 bridgehead atoms. The fraction of sp³-hybridized carbons (Fsp3) is 0.441. The Bertz CT molecular complexity index is 1500. The molecule has 2 aliphatic carbocycles. The lowest BCUT2D eigenvalue weighted by Gasteiger charge is -2.48. The van der Waals surface area contributed by atoms with Gasteiger partial charge in [-0.25, -0.2) is 0 Å². The van der Waals surface area contributed by atoms with E-state index in [9.17, 15) is 19.5 Å². The topological polar surface area (TPSA) is 93.1 Å². The Morgan fingerprint density at radius 1 is 0.953 bits per heavy atom. The first kappa shape index (κ1) is 31.3. The zero-order valence-corrected chi connectivity index (χ0v) is 27.5. The molecule has 0 unspecified atom stereocenters. The van der Waals surface area contributed by atoms with Crippen molar-refractivity contribution in [1.82, 2.24) is 4.90 Å². The first-order valence-electron chi connectivity index (χ1n) is 14.5. The molecule has 5 rings (SSSR count). The van der Waals surface area contributed by atoms with Gasteiger partial charge in [0.05, 0.1) is 11.1 Å². The van der Waals surface area contributed by atoms with Gasteiger partial charge in [-0.15, -0.1) is 0 Å². The molecule has 0 atom stereocenters. The summed E-state index contributed by atoms with van der Waals surface area (Å²) in [6, 6.07) is 11.2. The van der Waals surface area contributed by atoms with Crippen LogP contribution in [0.3, 0.4) is 0 Å². The van der Waals surface area contributed by atoms with E-state index in [1.165, 1.54) is 0 Å². The van der Waals surface area contributed by atoms with Crippen molar-refractivity contribution < 1.29 is 29.0 Å². The number of halogens is 2. The number of allylic oxidation sites excluding steroid dienone is 4. The van der Waals surface area contributed by atoms with E-state index in [1.807, 2.05) is 58.9 Å². The van der Waals surface area contributed by atoms with Crippen LogP contribution in [0.5, 0.6) is 11.5 Å². The maximum atomic E-state index is 14.0. The highest BCUT2D eigenvalue weighted by molar-refractivity contribution is 9.10. The number of ketones is 2. The fourth-order valence-electron chi connectivity index (χ4n) is 6.60. The number of carboxylic acid groups (broad SMARTS) is 1. The SMILES string of the molecule is CCOc1cc(C2C3=C(CC(C)(C)CC3=O)N(CC(=O)O)C3=C2C(=O)CC(C)(C)C3)cc(Br)c1OCc1ccc(Cl)cc1. The Morgan fingerprint density at radius 3 is 2.02 bits per heavy atom. The average Bonchev–Trinajstić information content (AvgIpc) is 2.88. The minimum atomic E-state index is -1.01. The molecule has 0 amide bonds. The number of rotatable bonds is 8. The van der Waals surface area contributed by atoms with Crippen molar-refractivity contribution in [2.75, 3.05) is 13.2 Å². The summed E-state index contributed by atoms with van der Waals surface area (Å²) in [5.41, 5.74) is 3.40. The Balaban J connectivity index is 1.67. The van der Waals surface area contributed by atoms with Gasteiger partial charge in [-0.2, -0.15) is 0 Å². The zero-order chi connectivity index (χ0) is 31.3. The van der Waals surface area contributed by atoms with Crippen LogP contribution < -0.4 is 9.47 Å². The summed E-state index contributed by atoms with van der Waals surface area (Å²) in [5.74, 6) is -0.763. The molecule has 0 radical (unpaired) electrons. The van der Waals surface area contributed by atoms with E-state index in [2.05, 4.69) is 15.9 Å². The van der Waals surface area contributed by atoms with E-state index < -0.39 is 11.9 Å². The molecule has 3 aliphatic rings. The quantitative estimate of drug-likeness (QED) is 0.306. The summed E-state index contributed by atoms with van der Waals surface area (Å²) in [4.78, 5) is 41.8. The molecule has 228 valence electrons. The number of nitrogens with zero attached hydrogens (tertiary/aromatic N) is 1. The third kappa shape index (κ3) is 6.41. The molecule has 1 aliphatic heterocycles. The molecule has 0 fully saturated rings. The lowest BCUT2D eigenvalue weighted by molar-refractivity contribution is -0.138. The second kappa shape index (κ2) is 11.8. The third-order valence-corrected chi connectivity index (χ3v) is 9.12. The summed E-state index contributed by atoms with van der Waals surface area (Å²) in [6.45, 7) is 10.4. The van der Waals surface area contributed by atoms with E-state index in [0.717, 1.165) is 11.1 Å². The molecule has 43 heavy (non-hydrogen) atoms. The smallest absolute Gasteiger partial charge is 0.323 e. The van der Waals surface area contributed by atoms with E-state index in [-0.39, 0.29) is 35.5 Å². The highest BCUT2D eigenvalue weighted by Gasteiger charge is 2.49. The van der Waals surface area contributed by atoms with Crippen LogP contribution in [0.2, 0.25) is 5.02 Å². The Labute approximate surface area is 266 Å². The van der Waals surface area contributed by atoms with Gasteiger partial charge in [0, 0.05) is 46.3 Å². The van der Waals surface area contributed by atoms with Gasteiger partial charge in [0.2, 0.25) is 0 Å². The Kier molecular flexibility index (Phi) is 8.58. The largest absolute Gasteiger partial charge is 0.490 e. The highest BCUT2D eigenvalue weighted by atomic mass is 79.9. The van der Waals surface area contributed by atoms with Crippen LogP contribution in [-0.2, 0) is 21.0 Å². The highest BCUT2D eigenvalue weighted by Crippen LogP contribution is 2.55. The lowest BCUT2D eigenvalue weighted by Crippen LogP contribution is -2.45. The van der Waals surface area contributed by atoms with Crippen LogP contribution in [0.4, 0.5) is 0 Å². The number of carbonyl (C=O) groups is 3. The molecular formula is C34H37BrClNO6. The summed E-state index contributed by atoms with van der Waals surface area (Å²) < 4.78 is 12.9. The molecule has 2 aromatic rings. The van der Waals surface area contributed by atoms with Crippen LogP contribution in [0, 0.1) is 10.8 Å². The van der Waals surface area contributed by atoms with E-state index in [4.69, 9.17) is 21.1 Å². The monoisotopic (exact) mass is 669 g/mol. The molecule has 7 nitrogen and oxygen atoms in total. The molecule has 9 heteroatoms. The number of aliphatic carboxylic acids is 1. The van der Waals surface area contributed by atoms with Crippen LogP contribution in [0.1, 0.15) is 77.3 Å². The summed E-state index contributed by atoms with van der Waals surface area (Å²) in [5, 5.41) is 10.6.